The molecule has 0 saturated carbocycles. The maximum Gasteiger partial charge on any atom is 0.273 e. The molecular formula is C17H22N4O2. The zero-order chi connectivity index (χ0) is 16.4. The zero-order valence-corrected chi connectivity index (χ0v) is 13.8. The maximum atomic E-state index is 12.3. The average Bonchev–Trinajstić information content (AvgIpc) is 3.17. The van der Waals surface area contributed by atoms with Gasteiger partial charge in [0.2, 0.25) is 0 Å². The molecular weight excluding hydrogens is 292 g/mol. The van der Waals surface area contributed by atoms with E-state index in [1.54, 1.807) is 4.68 Å². The molecule has 1 amide bonds. The van der Waals surface area contributed by atoms with Gasteiger partial charge in [-0.1, -0.05) is 11.3 Å². The maximum absolute atomic E-state index is 12.3. The second-order valence-electron chi connectivity index (χ2n) is 6.05. The van der Waals surface area contributed by atoms with E-state index in [0.29, 0.717) is 12.2 Å². The third kappa shape index (κ3) is 3.27. The fourth-order valence-corrected chi connectivity index (χ4v) is 2.74. The Morgan fingerprint density at radius 3 is 2.87 bits per heavy atom. The molecule has 1 aliphatic rings. The molecule has 2 heterocycles. The normalized spacial score (nSPS) is 17.4. The van der Waals surface area contributed by atoms with Crippen molar-refractivity contribution >= 4 is 5.91 Å². The van der Waals surface area contributed by atoms with E-state index in [0.717, 1.165) is 30.8 Å². The molecule has 6 nitrogen and oxygen atoms in total. The van der Waals surface area contributed by atoms with Gasteiger partial charge in [0.25, 0.3) is 5.91 Å². The van der Waals surface area contributed by atoms with Gasteiger partial charge < -0.3 is 10.1 Å². The smallest absolute Gasteiger partial charge is 0.273 e. The number of hydrogen-bond donors (Lipinski definition) is 1. The lowest BCUT2D eigenvalue weighted by Gasteiger charge is -2.10. The molecule has 1 aliphatic heterocycles. The number of nitrogens with zero attached hydrogens (tertiary/aromatic N) is 3. The minimum atomic E-state index is -0.201. The number of aryl methyl sites for hydroxylation is 2. The molecule has 23 heavy (non-hydrogen) atoms. The fraction of sp³-hybridized carbons (Fsp3) is 0.471. The van der Waals surface area contributed by atoms with Gasteiger partial charge in [0, 0.05) is 13.2 Å². The topological polar surface area (TPSA) is 69.0 Å². The molecule has 1 atom stereocenters. The zero-order valence-electron chi connectivity index (χ0n) is 13.8. The van der Waals surface area contributed by atoms with Gasteiger partial charge in [-0.25, -0.2) is 4.68 Å². The van der Waals surface area contributed by atoms with Crippen LogP contribution in [0.2, 0.25) is 0 Å². The lowest BCUT2D eigenvalue weighted by molar-refractivity contribution is 0.0853. The van der Waals surface area contributed by atoms with Gasteiger partial charge in [-0.2, -0.15) is 0 Å². The standard InChI is InChI=1S/C17H22N4O2/c1-11-6-7-14(9-12(11)2)21-13(3)16(19-20-21)17(22)18-10-15-5-4-8-23-15/h6-7,9,15H,4-5,8,10H2,1-3H3,(H,18,22). The van der Waals surface area contributed by atoms with Gasteiger partial charge in [0.05, 0.1) is 17.5 Å². The number of hydrogen-bond acceptors (Lipinski definition) is 4. The number of carbonyl (C=O) groups excluding carboxylic acids is 1. The van der Waals surface area contributed by atoms with Gasteiger partial charge in [-0.3, -0.25) is 4.79 Å². The second-order valence-corrected chi connectivity index (χ2v) is 6.05. The van der Waals surface area contributed by atoms with Gasteiger partial charge >= 0.3 is 0 Å². The quantitative estimate of drug-likeness (QED) is 0.938. The summed E-state index contributed by atoms with van der Waals surface area (Å²) in [6.07, 6.45) is 2.17. The largest absolute Gasteiger partial charge is 0.376 e. The van der Waals surface area contributed by atoms with Crippen LogP contribution in [0.5, 0.6) is 0 Å². The first-order valence-corrected chi connectivity index (χ1v) is 7.96. The number of aromatic nitrogens is 3. The van der Waals surface area contributed by atoms with Crippen molar-refractivity contribution in [2.45, 2.75) is 39.7 Å². The van der Waals surface area contributed by atoms with Crippen molar-refractivity contribution in [2.75, 3.05) is 13.2 Å². The first kappa shape index (κ1) is 15.7. The highest BCUT2D eigenvalue weighted by atomic mass is 16.5. The molecule has 1 aromatic carbocycles. The third-order valence-corrected chi connectivity index (χ3v) is 4.36. The Kier molecular flexibility index (Phi) is 4.43. The summed E-state index contributed by atoms with van der Waals surface area (Å²) in [6.45, 7) is 7.28. The lowest BCUT2D eigenvalue weighted by atomic mass is 10.1. The summed E-state index contributed by atoms with van der Waals surface area (Å²) in [5, 5.41) is 11.1. The molecule has 0 bridgehead atoms. The van der Waals surface area contributed by atoms with Crippen molar-refractivity contribution < 1.29 is 9.53 Å². The molecule has 6 heteroatoms. The summed E-state index contributed by atoms with van der Waals surface area (Å²) in [7, 11) is 0. The summed E-state index contributed by atoms with van der Waals surface area (Å²) >= 11 is 0. The van der Waals surface area contributed by atoms with Crippen LogP contribution < -0.4 is 5.32 Å². The first-order valence-electron chi connectivity index (χ1n) is 7.96. The van der Waals surface area contributed by atoms with E-state index in [2.05, 4.69) is 29.5 Å². The number of rotatable bonds is 4. The third-order valence-electron chi connectivity index (χ3n) is 4.36. The van der Waals surface area contributed by atoms with E-state index in [-0.39, 0.29) is 12.0 Å². The van der Waals surface area contributed by atoms with E-state index >= 15 is 0 Å². The molecule has 0 aliphatic carbocycles. The molecule has 1 unspecified atom stereocenters. The monoisotopic (exact) mass is 314 g/mol. The van der Waals surface area contributed by atoms with Crippen LogP contribution in [0.1, 0.15) is 40.2 Å². The molecule has 3 rings (SSSR count). The lowest BCUT2D eigenvalue weighted by Crippen LogP contribution is -2.32. The highest BCUT2D eigenvalue weighted by Crippen LogP contribution is 2.16. The van der Waals surface area contributed by atoms with E-state index in [4.69, 9.17) is 4.74 Å². The van der Waals surface area contributed by atoms with E-state index in [1.165, 1.54) is 11.1 Å². The van der Waals surface area contributed by atoms with Gasteiger partial charge in [-0.05, 0) is 56.9 Å². The molecule has 1 saturated heterocycles. The highest BCUT2D eigenvalue weighted by Gasteiger charge is 2.20. The number of amides is 1. The highest BCUT2D eigenvalue weighted by molar-refractivity contribution is 5.93. The van der Waals surface area contributed by atoms with Crippen LogP contribution in [0.4, 0.5) is 0 Å². The minimum absolute atomic E-state index is 0.119. The van der Waals surface area contributed by atoms with Gasteiger partial charge in [0.15, 0.2) is 5.69 Å². The van der Waals surface area contributed by atoms with E-state index in [1.807, 2.05) is 25.1 Å². The number of ether oxygens (including phenoxy) is 1. The van der Waals surface area contributed by atoms with Crippen molar-refractivity contribution in [3.8, 4) is 5.69 Å². The van der Waals surface area contributed by atoms with Crippen molar-refractivity contribution in [3.05, 3.63) is 40.7 Å². The molecule has 0 radical (unpaired) electrons. The van der Waals surface area contributed by atoms with Crippen LogP contribution in [0.3, 0.4) is 0 Å². The molecule has 1 fully saturated rings. The van der Waals surface area contributed by atoms with Crippen LogP contribution in [-0.2, 0) is 4.74 Å². The van der Waals surface area contributed by atoms with E-state index < -0.39 is 0 Å². The molecule has 122 valence electrons. The molecule has 0 spiro atoms. The van der Waals surface area contributed by atoms with Crippen molar-refractivity contribution in [1.82, 2.24) is 20.3 Å². The van der Waals surface area contributed by atoms with Gasteiger partial charge in [0.1, 0.15) is 0 Å². The summed E-state index contributed by atoms with van der Waals surface area (Å²) in [4.78, 5) is 12.3. The van der Waals surface area contributed by atoms with E-state index in [9.17, 15) is 4.79 Å². The summed E-state index contributed by atoms with van der Waals surface area (Å²) < 4.78 is 7.21. The molecule has 1 N–H and O–H groups in total. The summed E-state index contributed by atoms with van der Waals surface area (Å²) in [5.41, 5.74) is 4.42. The summed E-state index contributed by atoms with van der Waals surface area (Å²) in [5.74, 6) is -0.201. The second kappa shape index (κ2) is 6.50. The fourth-order valence-electron chi connectivity index (χ4n) is 2.74. The van der Waals surface area contributed by atoms with Crippen molar-refractivity contribution in [3.63, 3.8) is 0 Å². The Morgan fingerprint density at radius 1 is 1.35 bits per heavy atom. The number of benzene rings is 1. The van der Waals surface area contributed by atoms with Crippen LogP contribution in [0.15, 0.2) is 18.2 Å². The van der Waals surface area contributed by atoms with Crippen molar-refractivity contribution in [2.24, 2.45) is 0 Å². The molecule has 1 aromatic heterocycles. The Bertz CT molecular complexity index is 717. The predicted octanol–water partition coefficient (Wildman–Crippen LogP) is 2.10. The number of carbonyl (C=O) groups is 1. The van der Waals surface area contributed by atoms with Crippen LogP contribution >= 0.6 is 0 Å². The SMILES string of the molecule is Cc1ccc(-n2nnc(C(=O)NCC3CCCO3)c2C)cc1C. The van der Waals surface area contributed by atoms with Crippen LogP contribution in [0, 0.1) is 20.8 Å². The van der Waals surface area contributed by atoms with Crippen LogP contribution in [0.25, 0.3) is 5.69 Å². The summed E-state index contributed by atoms with van der Waals surface area (Å²) in [6, 6.07) is 6.08. The first-order chi connectivity index (χ1) is 11.1. The van der Waals surface area contributed by atoms with Crippen molar-refractivity contribution in [1.29, 1.82) is 0 Å². The Hall–Kier alpha value is -2.21. The number of nitrogens with one attached hydrogen (secondary N) is 1. The van der Waals surface area contributed by atoms with Gasteiger partial charge in [-0.15, -0.1) is 5.10 Å². The molecule has 2 aromatic rings. The predicted molar refractivity (Wildman–Crippen MR) is 86.9 cm³/mol. The average molecular weight is 314 g/mol. The Balaban J connectivity index is 1.75. The Morgan fingerprint density at radius 2 is 2.17 bits per heavy atom. The Labute approximate surface area is 135 Å². The van der Waals surface area contributed by atoms with Crippen LogP contribution in [-0.4, -0.2) is 40.2 Å². The minimum Gasteiger partial charge on any atom is -0.376 e.